The highest BCUT2D eigenvalue weighted by atomic mass is 32.2. The molecule has 1 aromatic rings. The minimum absolute atomic E-state index is 0.197. The van der Waals surface area contributed by atoms with E-state index in [0.717, 1.165) is 0 Å². The molecule has 0 saturated carbocycles. The van der Waals surface area contributed by atoms with Gasteiger partial charge in [-0.1, -0.05) is 11.8 Å². The summed E-state index contributed by atoms with van der Waals surface area (Å²) in [5.41, 5.74) is 0.173. The molecule has 0 aromatic carbocycles. The first-order chi connectivity index (χ1) is 5.26. The molecule has 0 aliphatic carbocycles. The van der Waals surface area contributed by atoms with Crippen molar-refractivity contribution in [3.63, 3.8) is 0 Å². The molecule has 0 atom stereocenters. The second kappa shape index (κ2) is 3.54. The smallest absolute Gasteiger partial charge is 0.251 e. The molecule has 0 aliphatic rings. The van der Waals surface area contributed by atoms with Crippen molar-refractivity contribution >= 4 is 11.8 Å². The molecular weight excluding hydrogens is 164 g/mol. The highest BCUT2D eigenvalue weighted by Crippen LogP contribution is 2.04. The Morgan fingerprint density at radius 2 is 2.55 bits per heavy atom. The molecule has 1 aromatic heterocycles. The van der Waals surface area contributed by atoms with Crippen molar-refractivity contribution in [1.29, 1.82) is 0 Å². The molecule has 4 nitrogen and oxygen atoms in total. The van der Waals surface area contributed by atoms with E-state index in [4.69, 9.17) is 5.11 Å². The topological polar surface area (TPSA) is 66.0 Å². The van der Waals surface area contributed by atoms with Crippen molar-refractivity contribution in [2.24, 2.45) is 0 Å². The Labute approximate surface area is 67.7 Å². The average Bonchev–Trinajstić information content (AvgIpc) is 2.03. The Kier molecular flexibility index (Phi) is 2.67. The lowest BCUT2D eigenvalue weighted by molar-refractivity contribution is 0.275. The van der Waals surface area contributed by atoms with Crippen molar-refractivity contribution in [2.75, 3.05) is 6.26 Å². The van der Waals surface area contributed by atoms with Gasteiger partial charge in [-0.3, -0.25) is 4.79 Å². The van der Waals surface area contributed by atoms with Crippen LogP contribution in [0.2, 0.25) is 0 Å². The molecule has 0 aliphatic heterocycles. The largest absolute Gasteiger partial charge is 0.390 e. The van der Waals surface area contributed by atoms with Gasteiger partial charge in [0.15, 0.2) is 5.16 Å². The predicted molar refractivity (Wildman–Crippen MR) is 42.6 cm³/mol. The number of aromatic amines is 1. The van der Waals surface area contributed by atoms with Crippen molar-refractivity contribution < 1.29 is 5.11 Å². The van der Waals surface area contributed by atoms with E-state index in [-0.39, 0.29) is 12.2 Å². The summed E-state index contributed by atoms with van der Waals surface area (Å²) in [6.45, 7) is -0.197. The number of aliphatic hydroxyl groups excluding tert-OH is 1. The van der Waals surface area contributed by atoms with Gasteiger partial charge in [-0.15, -0.1) is 0 Å². The molecule has 2 N–H and O–H groups in total. The Balaban J connectivity index is 3.12. The van der Waals surface area contributed by atoms with Crippen molar-refractivity contribution in [2.45, 2.75) is 11.8 Å². The third-order valence-electron chi connectivity index (χ3n) is 1.13. The average molecular weight is 172 g/mol. The molecule has 11 heavy (non-hydrogen) atoms. The summed E-state index contributed by atoms with van der Waals surface area (Å²) in [5.74, 6) is 0. The molecule has 60 valence electrons. The molecule has 0 bridgehead atoms. The van der Waals surface area contributed by atoms with Crippen LogP contribution < -0.4 is 5.56 Å². The zero-order valence-electron chi connectivity index (χ0n) is 6.00. The van der Waals surface area contributed by atoms with Gasteiger partial charge < -0.3 is 10.1 Å². The number of rotatable bonds is 2. The van der Waals surface area contributed by atoms with E-state index in [1.54, 1.807) is 6.26 Å². The molecule has 0 spiro atoms. The normalized spacial score (nSPS) is 10.0. The van der Waals surface area contributed by atoms with Gasteiger partial charge in [-0.2, -0.15) is 0 Å². The van der Waals surface area contributed by atoms with Crippen LogP contribution in [0.4, 0.5) is 0 Å². The molecular formula is C6H8N2O2S. The van der Waals surface area contributed by atoms with Crippen molar-refractivity contribution in [3.8, 4) is 0 Å². The van der Waals surface area contributed by atoms with Crippen LogP contribution in [0.3, 0.4) is 0 Å². The van der Waals surface area contributed by atoms with Crippen LogP contribution >= 0.6 is 11.8 Å². The third kappa shape index (κ3) is 2.06. The molecule has 0 unspecified atom stereocenters. The first-order valence-corrected chi connectivity index (χ1v) is 4.24. The van der Waals surface area contributed by atoms with Gasteiger partial charge in [0.05, 0.1) is 12.3 Å². The number of nitrogens with zero attached hydrogens (tertiary/aromatic N) is 1. The predicted octanol–water partition coefficient (Wildman–Crippen LogP) is -0.0159. The second-order valence-corrected chi connectivity index (χ2v) is 2.70. The first-order valence-electron chi connectivity index (χ1n) is 3.01. The lowest BCUT2D eigenvalue weighted by Crippen LogP contribution is -2.09. The fourth-order valence-electron chi connectivity index (χ4n) is 0.661. The van der Waals surface area contributed by atoms with E-state index < -0.39 is 0 Å². The van der Waals surface area contributed by atoms with E-state index in [1.165, 1.54) is 17.8 Å². The van der Waals surface area contributed by atoms with Crippen LogP contribution in [-0.2, 0) is 6.61 Å². The number of hydrogen-bond acceptors (Lipinski definition) is 4. The van der Waals surface area contributed by atoms with Crippen LogP contribution in [0.5, 0.6) is 0 Å². The quantitative estimate of drug-likeness (QED) is 0.486. The van der Waals surface area contributed by atoms with Crippen molar-refractivity contribution in [3.05, 3.63) is 22.1 Å². The molecule has 1 heterocycles. The minimum atomic E-state index is -0.228. The lowest BCUT2D eigenvalue weighted by atomic mass is 10.4. The molecule has 1 rings (SSSR count). The van der Waals surface area contributed by atoms with E-state index in [0.29, 0.717) is 10.9 Å². The molecule has 0 saturated heterocycles. The van der Waals surface area contributed by atoms with E-state index in [1.807, 2.05) is 0 Å². The van der Waals surface area contributed by atoms with Gasteiger partial charge in [0, 0.05) is 6.07 Å². The molecule has 0 amide bonds. The minimum Gasteiger partial charge on any atom is -0.390 e. The van der Waals surface area contributed by atoms with Gasteiger partial charge >= 0.3 is 0 Å². The van der Waals surface area contributed by atoms with Gasteiger partial charge in [-0.05, 0) is 6.26 Å². The molecule has 0 fully saturated rings. The maximum absolute atomic E-state index is 10.8. The summed E-state index contributed by atoms with van der Waals surface area (Å²) in [4.78, 5) is 17.3. The van der Waals surface area contributed by atoms with Gasteiger partial charge in [0.25, 0.3) is 5.56 Å². The summed E-state index contributed by atoms with van der Waals surface area (Å²) < 4.78 is 0. The number of thioether (sulfide) groups is 1. The monoisotopic (exact) mass is 172 g/mol. The summed E-state index contributed by atoms with van der Waals surface area (Å²) in [5, 5.41) is 9.19. The first kappa shape index (κ1) is 8.29. The maximum Gasteiger partial charge on any atom is 0.251 e. The van der Waals surface area contributed by atoms with E-state index >= 15 is 0 Å². The Morgan fingerprint density at radius 3 is 3.09 bits per heavy atom. The fourth-order valence-corrected chi connectivity index (χ4v) is 1.07. The SMILES string of the molecule is CSc1nc(CO)cc(=O)[nH]1. The lowest BCUT2D eigenvalue weighted by Gasteiger charge is -1.96. The Hall–Kier alpha value is -0.810. The number of H-pyrrole nitrogens is 1. The van der Waals surface area contributed by atoms with Gasteiger partial charge in [0.2, 0.25) is 0 Å². The number of aliphatic hydroxyl groups is 1. The highest BCUT2D eigenvalue weighted by Gasteiger charge is 1.97. The zero-order valence-corrected chi connectivity index (χ0v) is 6.81. The number of aromatic nitrogens is 2. The van der Waals surface area contributed by atoms with Crippen LogP contribution in [0.1, 0.15) is 5.69 Å². The standard InChI is InChI=1S/C6H8N2O2S/c1-11-6-7-4(3-9)2-5(10)8-6/h2,9H,3H2,1H3,(H,7,8,10). The molecule has 0 radical (unpaired) electrons. The van der Waals surface area contributed by atoms with Crippen LogP contribution in [-0.4, -0.2) is 21.3 Å². The van der Waals surface area contributed by atoms with Gasteiger partial charge in [-0.25, -0.2) is 4.98 Å². The van der Waals surface area contributed by atoms with E-state index in [9.17, 15) is 4.79 Å². The Morgan fingerprint density at radius 1 is 1.82 bits per heavy atom. The highest BCUT2D eigenvalue weighted by molar-refractivity contribution is 7.98. The van der Waals surface area contributed by atoms with Crippen LogP contribution in [0, 0.1) is 0 Å². The summed E-state index contributed by atoms with van der Waals surface area (Å²) >= 11 is 1.33. The zero-order chi connectivity index (χ0) is 8.27. The van der Waals surface area contributed by atoms with Crippen molar-refractivity contribution in [1.82, 2.24) is 9.97 Å². The van der Waals surface area contributed by atoms with E-state index in [2.05, 4.69) is 9.97 Å². The summed E-state index contributed by atoms with van der Waals surface area (Å²) in [7, 11) is 0. The molecule has 5 heteroatoms. The fraction of sp³-hybridized carbons (Fsp3) is 0.333. The number of hydrogen-bond donors (Lipinski definition) is 2. The number of nitrogens with one attached hydrogen (secondary N) is 1. The summed E-state index contributed by atoms with van der Waals surface area (Å²) in [6.07, 6.45) is 1.80. The van der Waals surface area contributed by atoms with Crippen LogP contribution in [0.25, 0.3) is 0 Å². The van der Waals surface area contributed by atoms with Gasteiger partial charge in [0.1, 0.15) is 0 Å². The Bertz CT molecular complexity index is 272. The summed E-state index contributed by atoms with van der Waals surface area (Å²) in [6, 6.07) is 1.28. The maximum atomic E-state index is 10.8. The third-order valence-corrected chi connectivity index (χ3v) is 1.71. The van der Waals surface area contributed by atoms with Crippen LogP contribution in [0.15, 0.2) is 16.0 Å². The second-order valence-electron chi connectivity index (χ2n) is 1.90.